The van der Waals surface area contributed by atoms with Crippen LogP contribution >= 0.6 is 0 Å². The van der Waals surface area contributed by atoms with Gasteiger partial charge in [-0.15, -0.1) is 0 Å². The van der Waals surface area contributed by atoms with E-state index >= 15 is 0 Å². The highest BCUT2D eigenvalue weighted by Crippen LogP contribution is 2.17. The van der Waals surface area contributed by atoms with Gasteiger partial charge in [-0.3, -0.25) is 4.79 Å². The van der Waals surface area contributed by atoms with Gasteiger partial charge in [0.25, 0.3) is 5.56 Å². The van der Waals surface area contributed by atoms with Crippen molar-refractivity contribution in [1.29, 1.82) is 0 Å². The van der Waals surface area contributed by atoms with E-state index in [9.17, 15) is 4.79 Å². The fourth-order valence-electron chi connectivity index (χ4n) is 1.90. The first-order chi connectivity index (χ1) is 8.19. The van der Waals surface area contributed by atoms with Crippen molar-refractivity contribution >= 4 is 0 Å². The molecule has 0 fully saturated rings. The molecule has 0 aliphatic carbocycles. The molecule has 0 aliphatic rings. The van der Waals surface area contributed by atoms with Gasteiger partial charge in [0.05, 0.1) is 5.69 Å². The van der Waals surface area contributed by atoms with Crippen LogP contribution in [0.4, 0.5) is 0 Å². The van der Waals surface area contributed by atoms with Gasteiger partial charge in [0.2, 0.25) is 0 Å². The average molecular weight is 228 g/mol. The third kappa shape index (κ3) is 2.81. The lowest BCUT2D eigenvalue weighted by Gasteiger charge is -2.04. The molecule has 17 heavy (non-hydrogen) atoms. The zero-order valence-corrected chi connectivity index (χ0v) is 10.2. The summed E-state index contributed by atoms with van der Waals surface area (Å²) in [6, 6.07) is 9.74. The van der Waals surface area contributed by atoms with Crippen molar-refractivity contribution in [1.82, 2.24) is 9.97 Å². The molecule has 3 heteroatoms. The Kier molecular flexibility index (Phi) is 3.38. The summed E-state index contributed by atoms with van der Waals surface area (Å²) in [5.74, 6) is 0.647. The molecule has 0 unspecified atom stereocenters. The summed E-state index contributed by atoms with van der Waals surface area (Å²) >= 11 is 0. The van der Waals surface area contributed by atoms with Crippen LogP contribution in [-0.2, 0) is 6.42 Å². The van der Waals surface area contributed by atoms with Gasteiger partial charge >= 0.3 is 0 Å². The molecule has 0 aliphatic heterocycles. The maximum atomic E-state index is 11.4. The lowest BCUT2D eigenvalue weighted by molar-refractivity contribution is 0.922. The molecule has 1 aromatic carbocycles. The van der Waals surface area contributed by atoms with Gasteiger partial charge in [-0.05, 0) is 25.0 Å². The van der Waals surface area contributed by atoms with Gasteiger partial charge in [-0.1, -0.05) is 31.5 Å². The molecule has 2 aromatic rings. The molecular weight excluding hydrogens is 212 g/mol. The van der Waals surface area contributed by atoms with Crippen molar-refractivity contribution in [3.05, 3.63) is 52.1 Å². The Morgan fingerprint density at radius 1 is 1.29 bits per heavy atom. The number of aryl methyl sites for hydroxylation is 2. The topological polar surface area (TPSA) is 45.8 Å². The van der Waals surface area contributed by atoms with E-state index in [0.717, 1.165) is 24.1 Å². The quantitative estimate of drug-likeness (QED) is 0.877. The first kappa shape index (κ1) is 11.6. The smallest absolute Gasteiger partial charge is 0.251 e. The summed E-state index contributed by atoms with van der Waals surface area (Å²) in [4.78, 5) is 18.4. The van der Waals surface area contributed by atoms with E-state index in [-0.39, 0.29) is 5.56 Å². The Bertz CT molecular complexity index is 572. The number of aromatic amines is 1. The highest BCUT2D eigenvalue weighted by molar-refractivity contribution is 5.59. The Morgan fingerprint density at radius 3 is 2.82 bits per heavy atom. The van der Waals surface area contributed by atoms with Crippen molar-refractivity contribution in [3.63, 3.8) is 0 Å². The minimum Gasteiger partial charge on any atom is -0.311 e. The van der Waals surface area contributed by atoms with Gasteiger partial charge in [-0.25, -0.2) is 4.98 Å². The molecular formula is C14H16N2O. The number of nitrogens with zero attached hydrogens (tertiary/aromatic N) is 1. The van der Waals surface area contributed by atoms with Crippen LogP contribution in [0.3, 0.4) is 0 Å². The molecule has 0 atom stereocenters. The van der Waals surface area contributed by atoms with E-state index in [4.69, 9.17) is 0 Å². The number of rotatable bonds is 3. The van der Waals surface area contributed by atoms with E-state index in [1.807, 2.05) is 12.1 Å². The first-order valence-corrected chi connectivity index (χ1v) is 5.86. The second kappa shape index (κ2) is 4.95. The normalized spacial score (nSPS) is 10.5. The third-order valence-electron chi connectivity index (χ3n) is 2.62. The second-order valence-electron chi connectivity index (χ2n) is 4.17. The van der Waals surface area contributed by atoms with Crippen molar-refractivity contribution in [3.8, 4) is 11.3 Å². The summed E-state index contributed by atoms with van der Waals surface area (Å²) in [6.45, 7) is 3.95. The van der Waals surface area contributed by atoms with E-state index in [1.54, 1.807) is 6.92 Å². The fraction of sp³-hybridized carbons (Fsp3) is 0.286. The summed E-state index contributed by atoms with van der Waals surface area (Å²) in [6.07, 6.45) is 2.17. The molecule has 0 spiro atoms. The Morgan fingerprint density at radius 2 is 2.12 bits per heavy atom. The lowest BCUT2D eigenvalue weighted by Crippen LogP contribution is -2.08. The number of benzene rings is 1. The number of nitrogens with one attached hydrogen (secondary N) is 1. The van der Waals surface area contributed by atoms with Gasteiger partial charge < -0.3 is 4.98 Å². The standard InChI is InChI=1S/C14H16N2O/c1-3-5-11-6-4-7-12(8-11)13-9-14(17)16-10(2)15-13/h4,6-9H,3,5H2,1-2H3,(H,15,16,17). The molecule has 88 valence electrons. The van der Waals surface area contributed by atoms with Crippen LogP contribution in [0.2, 0.25) is 0 Å². The first-order valence-electron chi connectivity index (χ1n) is 5.86. The minimum atomic E-state index is -0.103. The summed E-state index contributed by atoms with van der Waals surface area (Å²) in [5, 5.41) is 0. The zero-order chi connectivity index (χ0) is 12.3. The third-order valence-corrected chi connectivity index (χ3v) is 2.62. The zero-order valence-electron chi connectivity index (χ0n) is 10.2. The van der Waals surface area contributed by atoms with Crippen LogP contribution in [0, 0.1) is 6.92 Å². The molecule has 1 aromatic heterocycles. The molecule has 3 nitrogen and oxygen atoms in total. The summed E-state index contributed by atoms with van der Waals surface area (Å²) in [5.41, 5.74) is 2.92. The van der Waals surface area contributed by atoms with Gasteiger partial charge in [0.15, 0.2) is 0 Å². The Hall–Kier alpha value is -1.90. The highest BCUT2D eigenvalue weighted by atomic mass is 16.1. The van der Waals surface area contributed by atoms with Crippen molar-refractivity contribution < 1.29 is 0 Å². The van der Waals surface area contributed by atoms with E-state index in [1.165, 1.54) is 11.6 Å². The molecule has 1 N–H and O–H groups in total. The second-order valence-corrected chi connectivity index (χ2v) is 4.17. The van der Waals surface area contributed by atoms with Crippen molar-refractivity contribution in [2.45, 2.75) is 26.7 Å². The maximum Gasteiger partial charge on any atom is 0.251 e. The van der Waals surface area contributed by atoms with Gasteiger partial charge in [0.1, 0.15) is 5.82 Å². The van der Waals surface area contributed by atoms with Crippen molar-refractivity contribution in [2.24, 2.45) is 0 Å². The number of hydrogen-bond acceptors (Lipinski definition) is 2. The molecule has 0 saturated heterocycles. The molecule has 0 saturated carbocycles. The summed E-state index contributed by atoms with van der Waals surface area (Å²) < 4.78 is 0. The molecule has 1 heterocycles. The predicted molar refractivity (Wildman–Crippen MR) is 69.0 cm³/mol. The van der Waals surface area contributed by atoms with E-state index in [2.05, 4.69) is 29.0 Å². The number of H-pyrrole nitrogens is 1. The van der Waals surface area contributed by atoms with Crippen LogP contribution in [0.15, 0.2) is 35.1 Å². The molecule has 0 radical (unpaired) electrons. The number of aromatic nitrogens is 2. The Labute approximate surface area is 101 Å². The average Bonchev–Trinajstić information content (AvgIpc) is 2.28. The van der Waals surface area contributed by atoms with Crippen LogP contribution in [0.25, 0.3) is 11.3 Å². The van der Waals surface area contributed by atoms with Gasteiger partial charge in [0, 0.05) is 11.6 Å². The van der Waals surface area contributed by atoms with Crippen LogP contribution < -0.4 is 5.56 Å². The van der Waals surface area contributed by atoms with E-state index < -0.39 is 0 Å². The monoisotopic (exact) mass is 228 g/mol. The van der Waals surface area contributed by atoms with Crippen LogP contribution in [0.5, 0.6) is 0 Å². The van der Waals surface area contributed by atoms with Crippen LogP contribution in [-0.4, -0.2) is 9.97 Å². The van der Waals surface area contributed by atoms with Gasteiger partial charge in [-0.2, -0.15) is 0 Å². The summed E-state index contributed by atoms with van der Waals surface area (Å²) in [7, 11) is 0. The molecule has 0 bridgehead atoms. The lowest BCUT2D eigenvalue weighted by atomic mass is 10.0. The highest BCUT2D eigenvalue weighted by Gasteiger charge is 2.02. The van der Waals surface area contributed by atoms with Crippen LogP contribution in [0.1, 0.15) is 24.7 Å². The SMILES string of the molecule is CCCc1cccc(-c2cc(=O)[nH]c(C)n2)c1. The van der Waals surface area contributed by atoms with Crippen molar-refractivity contribution in [2.75, 3.05) is 0 Å². The largest absolute Gasteiger partial charge is 0.311 e. The number of hydrogen-bond donors (Lipinski definition) is 1. The molecule has 0 amide bonds. The predicted octanol–water partition coefficient (Wildman–Crippen LogP) is 2.70. The Balaban J connectivity index is 2.45. The molecule has 2 rings (SSSR count). The maximum absolute atomic E-state index is 11.4. The fourth-order valence-corrected chi connectivity index (χ4v) is 1.90. The minimum absolute atomic E-state index is 0.103. The van der Waals surface area contributed by atoms with E-state index in [0.29, 0.717) is 5.82 Å².